The number of nitrogens with two attached hydrogens (primary N) is 1. The fourth-order valence-electron chi connectivity index (χ4n) is 5.35. The monoisotopic (exact) mass is 306 g/mol. The van der Waals surface area contributed by atoms with Gasteiger partial charge in [0.2, 0.25) is 0 Å². The van der Waals surface area contributed by atoms with Crippen LogP contribution in [0.4, 0.5) is 0 Å². The van der Waals surface area contributed by atoms with Crippen molar-refractivity contribution >= 4 is 0 Å². The van der Waals surface area contributed by atoms with Crippen LogP contribution in [0.1, 0.15) is 84.0 Å². The minimum atomic E-state index is 0.517. The van der Waals surface area contributed by atoms with Gasteiger partial charge in [-0.3, -0.25) is 4.90 Å². The van der Waals surface area contributed by atoms with E-state index in [0.717, 1.165) is 23.8 Å². The van der Waals surface area contributed by atoms with Gasteiger partial charge in [-0.15, -0.1) is 0 Å². The second kappa shape index (κ2) is 8.15. The first-order valence-electron chi connectivity index (χ1n) is 10.2. The molecule has 2 bridgehead atoms. The quantitative estimate of drug-likeness (QED) is 0.768. The average molecular weight is 307 g/mol. The molecule has 3 aliphatic rings. The Morgan fingerprint density at radius 1 is 0.682 bits per heavy atom. The molecule has 1 aliphatic heterocycles. The molecule has 2 saturated carbocycles. The zero-order valence-electron chi connectivity index (χ0n) is 14.8. The highest BCUT2D eigenvalue weighted by Crippen LogP contribution is 2.37. The van der Waals surface area contributed by atoms with Gasteiger partial charge in [0.05, 0.1) is 0 Å². The van der Waals surface area contributed by atoms with Crippen LogP contribution in [0, 0.1) is 17.8 Å². The molecule has 0 aromatic heterocycles. The van der Waals surface area contributed by atoms with E-state index in [1.807, 2.05) is 0 Å². The second-order valence-corrected chi connectivity index (χ2v) is 8.66. The van der Waals surface area contributed by atoms with Crippen LogP contribution in [0.15, 0.2) is 0 Å². The Kier molecular flexibility index (Phi) is 6.21. The van der Waals surface area contributed by atoms with Crippen molar-refractivity contribution in [3.63, 3.8) is 0 Å². The van der Waals surface area contributed by atoms with Crippen molar-refractivity contribution in [3.05, 3.63) is 0 Å². The summed E-state index contributed by atoms with van der Waals surface area (Å²) in [6, 6.07) is 1.38. The molecule has 0 amide bonds. The summed E-state index contributed by atoms with van der Waals surface area (Å²) in [4.78, 5) is 2.86. The van der Waals surface area contributed by atoms with Gasteiger partial charge >= 0.3 is 0 Å². The SMILES string of the molecule is CC1CCCCCCC(N2C[C@H]3CC[C@@H](C2)C3N)CCCC1. The molecule has 3 fully saturated rings. The third-order valence-corrected chi connectivity index (χ3v) is 6.92. The van der Waals surface area contributed by atoms with Crippen LogP contribution in [0.5, 0.6) is 0 Å². The Hall–Kier alpha value is -0.0800. The molecule has 0 aromatic rings. The normalized spacial score (nSPS) is 42.5. The number of fused-ring (bicyclic) bond motifs is 2. The first-order valence-corrected chi connectivity index (χ1v) is 10.2. The van der Waals surface area contributed by atoms with Crippen LogP contribution in [-0.4, -0.2) is 30.1 Å². The van der Waals surface area contributed by atoms with Crippen LogP contribution in [0.2, 0.25) is 0 Å². The lowest BCUT2D eigenvalue weighted by Gasteiger charge is -2.41. The Balaban J connectivity index is 1.53. The van der Waals surface area contributed by atoms with Crippen LogP contribution >= 0.6 is 0 Å². The van der Waals surface area contributed by atoms with Crippen molar-refractivity contribution < 1.29 is 0 Å². The summed E-state index contributed by atoms with van der Waals surface area (Å²) in [7, 11) is 0. The smallest absolute Gasteiger partial charge is 0.0120 e. The minimum absolute atomic E-state index is 0.517. The molecule has 1 heterocycles. The molecule has 3 rings (SSSR count). The maximum absolute atomic E-state index is 6.40. The largest absolute Gasteiger partial charge is 0.327 e. The van der Waals surface area contributed by atoms with Crippen LogP contribution in [-0.2, 0) is 0 Å². The molecule has 3 unspecified atom stereocenters. The Bertz CT molecular complexity index is 316. The third kappa shape index (κ3) is 4.26. The molecule has 2 heteroatoms. The molecule has 1 saturated heterocycles. The van der Waals surface area contributed by atoms with Gasteiger partial charge < -0.3 is 5.73 Å². The average Bonchev–Trinajstić information content (AvgIpc) is 2.73. The molecule has 0 aromatic carbocycles. The minimum Gasteiger partial charge on any atom is -0.327 e. The number of likely N-dealkylation sites (tertiary alicyclic amines) is 1. The molecule has 0 radical (unpaired) electrons. The van der Waals surface area contributed by atoms with Gasteiger partial charge in [0.15, 0.2) is 0 Å². The van der Waals surface area contributed by atoms with Gasteiger partial charge in [0.1, 0.15) is 0 Å². The van der Waals surface area contributed by atoms with Crippen LogP contribution in [0.3, 0.4) is 0 Å². The summed E-state index contributed by atoms with van der Waals surface area (Å²) < 4.78 is 0. The molecular formula is C20H38N2. The number of piperidine rings is 1. The Morgan fingerprint density at radius 3 is 1.82 bits per heavy atom. The van der Waals surface area contributed by atoms with E-state index < -0.39 is 0 Å². The summed E-state index contributed by atoms with van der Waals surface area (Å²) in [5.74, 6) is 2.57. The summed E-state index contributed by atoms with van der Waals surface area (Å²) >= 11 is 0. The van der Waals surface area contributed by atoms with E-state index in [0.29, 0.717) is 6.04 Å². The van der Waals surface area contributed by atoms with E-state index in [9.17, 15) is 0 Å². The molecule has 2 N–H and O–H groups in total. The fraction of sp³-hybridized carbons (Fsp3) is 1.00. The van der Waals surface area contributed by atoms with Crippen molar-refractivity contribution in [2.24, 2.45) is 23.5 Å². The molecule has 2 aliphatic carbocycles. The number of nitrogens with zero attached hydrogens (tertiary/aromatic N) is 1. The molecule has 0 spiro atoms. The van der Waals surface area contributed by atoms with Crippen LogP contribution in [0.25, 0.3) is 0 Å². The van der Waals surface area contributed by atoms with Crippen LogP contribution < -0.4 is 5.73 Å². The molecule has 2 nitrogen and oxygen atoms in total. The van der Waals surface area contributed by atoms with Crippen molar-refractivity contribution in [1.29, 1.82) is 0 Å². The van der Waals surface area contributed by atoms with Crippen molar-refractivity contribution in [2.45, 2.75) is 96.1 Å². The first-order chi connectivity index (χ1) is 10.7. The number of hydrogen-bond donors (Lipinski definition) is 1. The van der Waals surface area contributed by atoms with E-state index in [-0.39, 0.29) is 0 Å². The molecule has 5 atom stereocenters. The molecule has 128 valence electrons. The molecular weight excluding hydrogens is 268 g/mol. The zero-order chi connectivity index (χ0) is 15.4. The maximum Gasteiger partial charge on any atom is 0.0120 e. The summed E-state index contributed by atoms with van der Waals surface area (Å²) in [5.41, 5.74) is 6.40. The van der Waals surface area contributed by atoms with E-state index in [1.54, 1.807) is 0 Å². The Morgan fingerprint density at radius 2 is 1.18 bits per heavy atom. The lowest BCUT2D eigenvalue weighted by molar-refractivity contribution is 0.0882. The fourth-order valence-corrected chi connectivity index (χ4v) is 5.35. The summed E-state index contributed by atoms with van der Waals surface area (Å²) in [6.45, 7) is 5.07. The standard InChI is InChI=1S/C20H38N2/c1-16-8-4-2-3-5-10-19(11-7-6-9-16)22-14-17-12-13-18(15-22)20(17)21/h16-20H,2-15,21H2,1H3/t16?,17-,18+,19?,20?. The van der Waals surface area contributed by atoms with Crippen molar-refractivity contribution in [1.82, 2.24) is 4.90 Å². The summed E-state index contributed by atoms with van der Waals surface area (Å²) in [5, 5.41) is 0. The highest BCUT2D eigenvalue weighted by atomic mass is 15.2. The topological polar surface area (TPSA) is 29.3 Å². The van der Waals surface area contributed by atoms with Gasteiger partial charge in [-0.2, -0.15) is 0 Å². The van der Waals surface area contributed by atoms with E-state index in [2.05, 4.69) is 11.8 Å². The Labute approximate surface area is 138 Å². The van der Waals surface area contributed by atoms with E-state index in [4.69, 9.17) is 5.73 Å². The lowest BCUT2D eigenvalue weighted by atomic mass is 9.88. The maximum atomic E-state index is 6.40. The predicted octanol–water partition coefficient (Wildman–Crippen LogP) is 4.57. The lowest BCUT2D eigenvalue weighted by Crippen LogP contribution is -2.52. The second-order valence-electron chi connectivity index (χ2n) is 8.66. The molecule has 22 heavy (non-hydrogen) atoms. The van der Waals surface area contributed by atoms with E-state index >= 15 is 0 Å². The highest BCUT2D eigenvalue weighted by molar-refractivity contribution is 4.96. The predicted molar refractivity (Wildman–Crippen MR) is 94.9 cm³/mol. The summed E-state index contributed by atoms with van der Waals surface area (Å²) in [6.07, 6.45) is 17.4. The van der Waals surface area contributed by atoms with Crippen molar-refractivity contribution in [3.8, 4) is 0 Å². The van der Waals surface area contributed by atoms with Gasteiger partial charge in [-0.05, 0) is 43.4 Å². The van der Waals surface area contributed by atoms with Gasteiger partial charge in [-0.1, -0.05) is 58.3 Å². The van der Waals surface area contributed by atoms with Gasteiger partial charge in [-0.25, -0.2) is 0 Å². The third-order valence-electron chi connectivity index (χ3n) is 6.92. The zero-order valence-corrected chi connectivity index (χ0v) is 14.8. The van der Waals surface area contributed by atoms with Gasteiger partial charge in [0, 0.05) is 25.2 Å². The van der Waals surface area contributed by atoms with E-state index in [1.165, 1.54) is 90.1 Å². The highest BCUT2D eigenvalue weighted by Gasteiger charge is 2.41. The first kappa shape index (κ1) is 16.8. The van der Waals surface area contributed by atoms with Crippen molar-refractivity contribution in [2.75, 3.05) is 13.1 Å². The number of hydrogen-bond acceptors (Lipinski definition) is 2. The van der Waals surface area contributed by atoms with Gasteiger partial charge in [0.25, 0.3) is 0 Å². The number of rotatable bonds is 1.